The highest BCUT2D eigenvalue weighted by Gasteiger charge is 2.18. The maximum Gasteiger partial charge on any atom is 0.221 e. The molecule has 0 rings (SSSR count). The molecule has 0 spiro atoms. The fourth-order valence-corrected chi connectivity index (χ4v) is 1.18. The van der Waals surface area contributed by atoms with Crippen molar-refractivity contribution in [2.45, 2.75) is 46.1 Å². The third-order valence-corrected chi connectivity index (χ3v) is 2.52. The molecule has 0 saturated heterocycles. The predicted molar refractivity (Wildman–Crippen MR) is 61.4 cm³/mol. The van der Waals surface area contributed by atoms with Gasteiger partial charge in [0, 0.05) is 25.6 Å². The summed E-state index contributed by atoms with van der Waals surface area (Å²) in [5.41, 5.74) is 5.62. The topological polar surface area (TPSA) is 75.4 Å². The van der Waals surface area contributed by atoms with Crippen LogP contribution in [-0.2, 0) is 4.79 Å². The van der Waals surface area contributed by atoms with E-state index in [2.05, 4.69) is 5.32 Å². The molecule has 15 heavy (non-hydrogen) atoms. The van der Waals surface area contributed by atoms with Crippen molar-refractivity contribution in [1.29, 1.82) is 0 Å². The van der Waals surface area contributed by atoms with Gasteiger partial charge in [0.2, 0.25) is 5.91 Å². The Hall–Kier alpha value is -0.610. The zero-order valence-corrected chi connectivity index (χ0v) is 10.0. The summed E-state index contributed by atoms with van der Waals surface area (Å²) in [4.78, 5) is 11.4. The van der Waals surface area contributed by atoms with Crippen molar-refractivity contribution >= 4 is 5.91 Å². The van der Waals surface area contributed by atoms with E-state index in [1.54, 1.807) is 0 Å². The summed E-state index contributed by atoms with van der Waals surface area (Å²) in [6.07, 6.45) is 1.88. The largest absolute Gasteiger partial charge is 0.396 e. The first kappa shape index (κ1) is 14.4. The molecule has 0 aromatic rings. The van der Waals surface area contributed by atoms with Crippen LogP contribution >= 0.6 is 0 Å². The van der Waals surface area contributed by atoms with Crippen molar-refractivity contribution in [1.82, 2.24) is 5.32 Å². The number of hydrogen-bond donors (Lipinski definition) is 3. The van der Waals surface area contributed by atoms with Crippen LogP contribution in [0.25, 0.3) is 0 Å². The molecule has 0 aliphatic heterocycles. The van der Waals surface area contributed by atoms with Crippen LogP contribution in [0.15, 0.2) is 0 Å². The summed E-state index contributed by atoms with van der Waals surface area (Å²) in [5.74, 6) is -0.00429. The van der Waals surface area contributed by atoms with Gasteiger partial charge in [-0.15, -0.1) is 0 Å². The fourth-order valence-electron chi connectivity index (χ4n) is 1.18. The van der Waals surface area contributed by atoms with Gasteiger partial charge in [0.25, 0.3) is 0 Å². The third-order valence-electron chi connectivity index (χ3n) is 2.52. The minimum Gasteiger partial charge on any atom is -0.396 e. The van der Waals surface area contributed by atoms with Crippen LogP contribution in [0, 0.1) is 5.41 Å². The number of hydrogen-bond acceptors (Lipinski definition) is 3. The molecule has 0 aromatic heterocycles. The van der Waals surface area contributed by atoms with Crippen molar-refractivity contribution < 1.29 is 9.90 Å². The molecule has 0 saturated carbocycles. The van der Waals surface area contributed by atoms with Crippen molar-refractivity contribution in [2.24, 2.45) is 11.1 Å². The van der Waals surface area contributed by atoms with Crippen molar-refractivity contribution in [3.8, 4) is 0 Å². The van der Waals surface area contributed by atoms with Crippen molar-refractivity contribution in [3.05, 3.63) is 0 Å². The monoisotopic (exact) mass is 216 g/mol. The van der Waals surface area contributed by atoms with Gasteiger partial charge in [0.15, 0.2) is 0 Å². The first-order valence-electron chi connectivity index (χ1n) is 5.54. The number of aliphatic hydroxyl groups excluding tert-OH is 1. The van der Waals surface area contributed by atoms with E-state index in [4.69, 9.17) is 10.8 Å². The number of nitrogens with two attached hydrogens (primary N) is 1. The lowest BCUT2D eigenvalue weighted by Gasteiger charge is -2.24. The molecule has 0 bridgehead atoms. The van der Waals surface area contributed by atoms with E-state index >= 15 is 0 Å². The van der Waals surface area contributed by atoms with Crippen molar-refractivity contribution in [3.63, 3.8) is 0 Å². The molecule has 0 radical (unpaired) electrons. The van der Waals surface area contributed by atoms with Gasteiger partial charge in [0.05, 0.1) is 0 Å². The molecule has 4 N–H and O–H groups in total. The average molecular weight is 216 g/mol. The Morgan fingerprint density at radius 1 is 1.53 bits per heavy atom. The molecule has 1 unspecified atom stereocenters. The SMILES string of the molecule is CCC(N)CC(=O)NCC(C)(C)CCO. The quantitative estimate of drug-likeness (QED) is 0.584. The average Bonchev–Trinajstić information content (AvgIpc) is 2.15. The lowest BCUT2D eigenvalue weighted by Crippen LogP contribution is -2.37. The Bertz CT molecular complexity index is 193. The van der Waals surface area contributed by atoms with E-state index in [-0.39, 0.29) is 24.0 Å². The first-order valence-corrected chi connectivity index (χ1v) is 5.54. The smallest absolute Gasteiger partial charge is 0.221 e. The van der Waals surface area contributed by atoms with Gasteiger partial charge in [-0.3, -0.25) is 4.79 Å². The molecule has 1 atom stereocenters. The number of carbonyl (C=O) groups is 1. The van der Waals surface area contributed by atoms with E-state index < -0.39 is 0 Å². The van der Waals surface area contributed by atoms with Crippen LogP contribution in [0.2, 0.25) is 0 Å². The normalized spacial score (nSPS) is 13.7. The van der Waals surface area contributed by atoms with E-state index in [1.807, 2.05) is 20.8 Å². The predicted octanol–water partition coefficient (Wildman–Crippen LogP) is 0.639. The van der Waals surface area contributed by atoms with E-state index in [9.17, 15) is 4.79 Å². The van der Waals surface area contributed by atoms with Gasteiger partial charge < -0.3 is 16.2 Å². The summed E-state index contributed by atoms with van der Waals surface area (Å²) >= 11 is 0. The van der Waals surface area contributed by atoms with Crippen LogP contribution in [0.5, 0.6) is 0 Å². The second kappa shape index (κ2) is 6.80. The number of rotatable bonds is 7. The van der Waals surface area contributed by atoms with Crippen molar-refractivity contribution in [2.75, 3.05) is 13.2 Å². The van der Waals surface area contributed by atoms with Crippen LogP contribution < -0.4 is 11.1 Å². The summed E-state index contributed by atoms with van der Waals surface area (Å²) in [6.45, 7) is 6.74. The van der Waals surface area contributed by atoms with Gasteiger partial charge in [-0.2, -0.15) is 0 Å². The summed E-state index contributed by atoms with van der Waals surface area (Å²) in [6, 6.07) is -0.0500. The standard InChI is InChI=1S/C11H24N2O2/c1-4-9(12)7-10(15)13-8-11(2,3)5-6-14/h9,14H,4-8,12H2,1-3H3,(H,13,15). The Morgan fingerprint density at radius 2 is 2.13 bits per heavy atom. The molecule has 1 amide bonds. The highest BCUT2D eigenvalue weighted by molar-refractivity contribution is 5.76. The Kier molecular flexibility index (Phi) is 6.52. The van der Waals surface area contributed by atoms with Crippen LogP contribution in [0.3, 0.4) is 0 Å². The number of amides is 1. The molecular weight excluding hydrogens is 192 g/mol. The lowest BCUT2D eigenvalue weighted by atomic mass is 9.89. The van der Waals surface area contributed by atoms with Gasteiger partial charge in [-0.25, -0.2) is 0 Å². The van der Waals surface area contributed by atoms with Crippen LogP contribution in [0.1, 0.15) is 40.0 Å². The van der Waals surface area contributed by atoms with Crippen LogP contribution in [0.4, 0.5) is 0 Å². The summed E-state index contributed by atoms with van der Waals surface area (Å²) < 4.78 is 0. The molecule has 0 aliphatic carbocycles. The van der Waals surface area contributed by atoms with E-state index in [0.29, 0.717) is 19.4 Å². The highest BCUT2D eigenvalue weighted by Crippen LogP contribution is 2.17. The maximum atomic E-state index is 11.4. The zero-order valence-electron chi connectivity index (χ0n) is 10.0. The second-order valence-electron chi connectivity index (χ2n) is 4.79. The Labute approximate surface area is 92.2 Å². The fraction of sp³-hybridized carbons (Fsp3) is 0.909. The number of nitrogens with one attached hydrogen (secondary N) is 1. The Morgan fingerprint density at radius 3 is 2.60 bits per heavy atom. The zero-order chi connectivity index (χ0) is 11.9. The molecule has 0 aliphatic rings. The summed E-state index contributed by atoms with van der Waals surface area (Å²) in [5, 5.41) is 11.7. The first-order chi connectivity index (χ1) is 6.91. The molecule has 4 nitrogen and oxygen atoms in total. The molecule has 4 heteroatoms. The maximum absolute atomic E-state index is 11.4. The minimum absolute atomic E-state index is 0.00429. The number of aliphatic hydroxyl groups is 1. The van der Waals surface area contributed by atoms with Gasteiger partial charge in [-0.05, 0) is 18.3 Å². The van der Waals surface area contributed by atoms with Gasteiger partial charge in [0.1, 0.15) is 0 Å². The summed E-state index contributed by atoms with van der Waals surface area (Å²) in [7, 11) is 0. The van der Waals surface area contributed by atoms with E-state index in [1.165, 1.54) is 0 Å². The Balaban J connectivity index is 3.79. The minimum atomic E-state index is -0.0548. The van der Waals surface area contributed by atoms with Gasteiger partial charge in [-0.1, -0.05) is 20.8 Å². The highest BCUT2D eigenvalue weighted by atomic mass is 16.3. The molecule has 0 aromatic carbocycles. The second-order valence-corrected chi connectivity index (χ2v) is 4.79. The third kappa shape index (κ3) is 7.33. The number of carbonyl (C=O) groups excluding carboxylic acids is 1. The lowest BCUT2D eigenvalue weighted by molar-refractivity contribution is -0.121. The molecular formula is C11H24N2O2. The molecule has 90 valence electrons. The molecule has 0 heterocycles. The molecule has 0 fully saturated rings. The van der Waals surface area contributed by atoms with Crippen LogP contribution in [-0.4, -0.2) is 30.2 Å². The van der Waals surface area contributed by atoms with Gasteiger partial charge >= 0.3 is 0 Å². The van der Waals surface area contributed by atoms with E-state index in [0.717, 1.165) is 6.42 Å².